The van der Waals surface area contributed by atoms with E-state index < -0.39 is 17.5 Å². The van der Waals surface area contributed by atoms with Gasteiger partial charge in [-0.1, -0.05) is 6.07 Å². The number of hydrogen-bond acceptors (Lipinski definition) is 7. The van der Waals surface area contributed by atoms with Crippen LogP contribution in [0.4, 0.5) is 0 Å². The maximum Gasteiger partial charge on any atom is 0.349 e. The minimum Gasteiger partial charge on any atom is -0.481 e. The van der Waals surface area contributed by atoms with Crippen molar-refractivity contribution in [1.29, 1.82) is 0 Å². The van der Waals surface area contributed by atoms with Crippen LogP contribution in [0.2, 0.25) is 0 Å². The third-order valence-electron chi connectivity index (χ3n) is 5.13. The molecule has 2 heterocycles. The average Bonchev–Trinajstić information content (AvgIpc) is 3.30. The minimum atomic E-state index is -0.775. The number of benzene rings is 2. The molecule has 1 fully saturated rings. The molecular weight excluding hydrogens is 494 g/mol. The molecule has 1 saturated heterocycles. The van der Waals surface area contributed by atoms with Gasteiger partial charge in [0.2, 0.25) is 0 Å². The van der Waals surface area contributed by atoms with Gasteiger partial charge in [0.25, 0.3) is 5.91 Å². The highest BCUT2D eigenvalue weighted by molar-refractivity contribution is 9.10. The number of hydrogen-bond donors (Lipinski definition) is 1. The van der Waals surface area contributed by atoms with Crippen LogP contribution in [0, 0.1) is 6.92 Å². The first-order valence-electron chi connectivity index (χ1n) is 10.5. The molecule has 0 aliphatic carbocycles. The minimum absolute atomic E-state index is 0.0326. The second kappa shape index (κ2) is 10.2. The van der Waals surface area contributed by atoms with Crippen LogP contribution < -0.4 is 20.4 Å². The summed E-state index contributed by atoms with van der Waals surface area (Å²) in [6.45, 7) is 2.67. The van der Waals surface area contributed by atoms with Crippen LogP contribution in [-0.2, 0) is 9.53 Å². The van der Waals surface area contributed by atoms with Crippen molar-refractivity contribution in [2.45, 2.75) is 25.9 Å². The molecule has 1 aliphatic rings. The van der Waals surface area contributed by atoms with E-state index in [1.54, 1.807) is 18.2 Å². The van der Waals surface area contributed by atoms with E-state index in [1.165, 1.54) is 12.1 Å². The Kier molecular flexibility index (Phi) is 7.10. The molecule has 0 radical (unpaired) electrons. The van der Waals surface area contributed by atoms with E-state index in [1.807, 2.05) is 19.1 Å². The highest BCUT2D eigenvalue weighted by Crippen LogP contribution is 2.26. The van der Waals surface area contributed by atoms with Crippen LogP contribution in [0.25, 0.3) is 11.0 Å². The largest absolute Gasteiger partial charge is 0.481 e. The number of carbonyl (C=O) groups is 2. The maximum absolute atomic E-state index is 12.4. The van der Waals surface area contributed by atoms with E-state index in [4.69, 9.17) is 18.6 Å². The summed E-state index contributed by atoms with van der Waals surface area (Å²) >= 11 is 3.39. The molecule has 172 valence electrons. The quantitative estimate of drug-likeness (QED) is 0.290. The van der Waals surface area contributed by atoms with Gasteiger partial charge in [-0.15, -0.1) is 0 Å². The van der Waals surface area contributed by atoms with Gasteiger partial charge in [0.05, 0.1) is 10.6 Å². The Hall–Kier alpha value is -3.17. The molecule has 1 aliphatic heterocycles. The summed E-state index contributed by atoms with van der Waals surface area (Å²) in [5, 5.41) is 3.23. The Labute approximate surface area is 197 Å². The summed E-state index contributed by atoms with van der Waals surface area (Å²) in [6, 6.07) is 11.5. The molecule has 1 unspecified atom stereocenters. The fourth-order valence-corrected chi connectivity index (χ4v) is 4.05. The number of esters is 1. The Morgan fingerprint density at radius 1 is 1.18 bits per heavy atom. The van der Waals surface area contributed by atoms with Crippen molar-refractivity contribution in [3.63, 3.8) is 0 Å². The lowest BCUT2D eigenvalue weighted by atomic mass is 10.1. The molecular formula is C24H22BrNO7. The van der Waals surface area contributed by atoms with Gasteiger partial charge < -0.3 is 23.9 Å². The Bertz CT molecular complexity index is 1250. The van der Waals surface area contributed by atoms with Gasteiger partial charge in [-0.25, -0.2) is 9.59 Å². The predicted octanol–water partition coefficient (Wildman–Crippen LogP) is 3.76. The Balaban J connectivity index is 1.40. The molecule has 1 amide bonds. The highest BCUT2D eigenvalue weighted by Gasteiger charge is 2.19. The summed E-state index contributed by atoms with van der Waals surface area (Å²) < 4.78 is 22.3. The van der Waals surface area contributed by atoms with Crippen molar-refractivity contribution >= 4 is 38.8 Å². The number of fused-ring (bicyclic) bond motifs is 1. The van der Waals surface area contributed by atoms with Crippen LogP contribution in [0.5, 0.6) is 11.5 Å². The zero-order chi connectivity index (χ0) is 23.4. The number of carbonyl (C=O) groups excluding carboxylic acids is 2. The van der Waals surface area contributed by atoms with Crippen molar-refractivity contribution in [2.24, 2.45) is 0 Å². The summed E-state index contributed by atoms with van der Waals surface area (Å²) in [6.07, 6.45) is 1.80. The zero-order valence-corrected chi connectivity index (χ0v) is 19.5. The Morgan fingerprint density at radius 3 is 2.79 bits per heavy atom. The molecule has 33 heavy (non-hydrogen) atoms. The van der Waals surface area contributed by atoms with E-state index in [2.05, 4.69) is 21.2 Å². The molecule has 0 saturated carbocycles. The summed E-state index contributed by atoms with van der Waals surface area (Å²) in [7, 11) is 0. The second-order valence-corrected chi connectivity index (χ2v) is 8.54. The van der Waals surface area contributed by atoms with Crippen molar-refractivity contribution in [3.05, 3.63) is 68.5 Å². The molecule has 0 bridgehead atoms. The van der Waals surface area contributed by atoms with Crippen LogP contribution >= 0.6 is 15.9 Å². The van der Waals surface area contributed by atoms with Crippen LogP contribution in [0.15, 0.2) is 56.1 Å². The molecule has 1 atom stereocenters. The first-order valence-corrected chi connectivity index (χ1v) is 11.3. The SMILES string of the molecule is Cc1ccc(OCC(=O)Oc2ccc3cc(C(=O)NCC4CCCO4)c(=O)oc3c2)c(Br)c1. The third kappa shape index (κ3) is 5.80. The first kappa shape index (κ1) is 23.0. The van der Waals surface area contributed by atoms with Crippen molar-refractivity contribution in [1.82, 2.24) is 5.32 Å². The van der Waals surface area contributed by atoms with E-state index in [-0.39, 0.29) is 29.6 Å². The lowest BCUT2D eigenvalue weighted by molar-refractivity contribution is -0.136. The van der Waals surface area contributed by atoms with Gasteiger partial charge in [0.1, 0.15) is 22.6 Å². The normalized spacial score (nSPS) is 15.4. The number of halogens is 1. The molecule has 0 spiro atoms. The van der Waals surface area contributed by atoms with E-state index in [9.17, 15) is 14.4 Å². The van der Waals surface area contributed by atoms with E-state index in [0.717, 1.165) is 22.9 Å². The summed E-state index contributed by atoms with van der Waals surface area (Å²) in [5.41, 5.74) is 0.381. The Morgan fingerprint density at radius 2 is 2.03 bits per heavy atom. The average molecular weight is 516 g/mol. The predicted molar refractivity (Wildman–Crippen MR) is 124 cm³/mol. The lowest BCUT2D eigenvalue weighted by Crippen LogP contribution is -2.34. The fourth-order valence-electron chi connectivity index (χ4n) is 3.44. The fraction of sp³-hybridized carbons (Fsp3) is 0.292. The molecule has 3 aromatic rings. The number of rotatable bonds is 7. The van der Waals surface area contributed by atoms with Crippen LogP contribution in [-0.4, -0.2) is 37.7 Å². The number of aryl methyl sites for hydroxylation is 1. The number of amides is 1. The lowest BCUT2D eigenvalue weighted by Gasteiger charge is -2.11. The number of nitrogens with one attached hydrogen (secondary N) is 1. The molecule has 8 nitrogen and oxygen atoms in total. The molecule has 4 rings (SSSR count). The standard InChI is InChI=1S/C24H22BrNO7/c1-14-4-7-20(19(25)9-14)31-13-22(27)32-16-6-5-15-10-18(24(29)33-21(15)11-16)23(28)26-12-17-3-2-8-30-17/h4-7,9-11,17H,2-3,8,12-13H2,1H3,(H,26,28). The smallest absolute Gasteiger partial charge is 0.349 e. The van der Waals surface area contributed by atoms with Crippen LogP contribution in [0.3, 0.4) is 0 Å². The zero-order valence-electron chi connectivity index (χ0n) is 17.9. The molecule has 9 heteroatoms. The monoisotopic (exact) mass is 515 g/mol. The highest BCUT2D eigenvalue weighted by atomic mass is 79.9. The third-order valence-corrected chi connectivity index (χ3v) is 5.75. The van der Waals surface area contributed by atoms with Crippen molar-refractivity contribution < 1.29 is 28.2 Å². The first-order chi connectivity index (χ1) is 15.9. The van der Waals surface area contributed by atoms with E-state index in [0.29, 0.717) is 24.3 Å². The topological polar surface area (TPSA) is 104 Å². The van der Waals surface area contributed by atoms with Gasteiger partial charge >= 0.3 is 11.6 Å². The van der Waals surface area contributed by atoms with Gasteiger partial charge in [-0.3, -0.25) is 4.79 Å². The molecule has 1 aromatic heterocycles. The van der Waals surface area contributed by atoms with Gasteiger partial charge in [-0.2, -0.15) is 0 Å². The van der Waals surface area contributed by atoms with Gasteiger partial charge in [0.15, 0.2) is 6.61 Å². The van der Waals surface area contributed by atoms with E-state index >= 15 is 0 Å². The maximum atomic E-state index is 12.4. The summed E-state index contributed by atoms with van der Waals surface area (Å²) in [4.78, 5) is 36.9. The van der Waals surface area contributed by atoms with Crippen molar-refractivity contribution in [3.8, 4) is 11.5 Å². The van der Waals surface area contributed by atoms with Gasteiger partial charge in [-0.05, 0) is 71.6 Å². The second-order valence-electron chi connectivity index (χ2n) is 7.69. The van der Waals surface area contributed by atoms with Crippen LogP contribution in [0.1, 0.15) is 28.8 Å². The molecule has 1 N–H and O–H groups in total. The van der Waals surface area contributed by atoms with Gasteiger partial charge in [0, 0.05) is 24.6 Å². The number of ether oxygens (including phenoxy) is 3. The summed E-state index contributed by atoms with van der Waals surface area (Å²) in [5.74, 6) is -0.421. The molecule has 2 aromatic carbocycles. The van der Waals surface area contributed by atoms with Crippen molar-refractivity contribution in [2.75, 3.05) is 19.8 Å².